The summed E-state index contributed by atoms with van der Waals surface area (Å²) in [6.07, 6.45) is 11.1. The number of methoxy groups -OCH3 is 1. The van der Waals surface area contributed by atoms with Gasteiger partial charge in [0.25, 0.3) is 0 Å². The highest BCUT2D eigenvalue weighted by molar-refractivity contribution is 5.44. The molecule has 4 heteroatoms. The van der Waals surface area contributed by atoms with Crippen molar-refractivity contribution in [1.82, 2.24) is 0 Å². The monoisotopic (exact) mass is 384 g/mol. The summed E-state index contributed by atoms with van der Waals surface area (Å²) < 4.78 is 24.9. The average Bonchev–Trinajstić information content (AvgIpc) is 3.01. The minimum atomic E-state index is -0.369. The van der Waals surface area contributed by atoms with E-state index in [2.05, 4.69) is 24.8 Å². The minimum absolute atomic E-state index is 0.0352. The third-order valence-corrected chi connectivity index (χ3v) is 9.47. The van der Waals surface area contributed by atoms with Gasteiger partial charge in [-0.15, -0.1) is 5.92 Å². The summed E-state index contributed by atoms with van der Waals surface area (Å²) >= 11 is 0. The fraction of sp³-hybridized carbons (Fsp3) is 0.833. The molecule has 2 heterocycles. The normalized spacial score (nSPS) is 52.6. The van der Waals surface area contributed by atoms with Gasteiger partial charge in [0.2, 0.25) is 0 Å². The Hall–Kier alpha value is -0.860. The van der Waals surface area contributed by atoms with Gasteiger partial charge in [0, 0.05) is 25.4 Å². The van der Waals surface area contributed by atoms with Crippen molar-refractivity contribution in [1.29, 1.82) is 0 Å². The van der Waals surface area contributed by atoms with Crippen LogP contribution in [0.5, 0.6) is 0 Å². The van der Waals surface area contributed by atoms with Gasteiger partial charge < -0.3 is 18.9 Å². The first-order valence-corrected chi connectivity index (χ1v) is 11.2. The van der Waals surface area contributed by atoms with Gasteiger partial charge in [-0.2, -0.15) is 0 Å². The number of rotatable bonds is 1. The SMILES string of the molecule is CC#C[C@]1(OC)CC[C@H]2[C@@H]3CC[C@@]45CC6(CC[C@@]4(O5)C3=CC[C@@]21C)OCCO6. The van der Waals surface area contributed by atoms with Crippen molar-refractivity contribution in [3.8, 4) is 11.8 Å². The maximum Gasteiger partial charge on any atom is 0.171 e. The van der Waals surface area contributed by atoms with Crippen molar-refractivity contribution in [3.63, 3.8) is 0 Å². The van der Waals surface area contributed by atoms with Crippen LogP contribution in [0.4, 0.5) is 0 Å². The predicted molar refractivity (Wildman–Crippen MR) is 104 cm³/mol. The molecule has 2 aliphatic heterocycles. The highest BCUT2D eigenvalue weighted by Gasteiger charge is 2.79. The summed E-state index contributed by atoms with van der Waals surface area (Å²) in [5.74, 6) is 7.54. The topological polar surface area (TPSA) is 40.2 Å². The zero-order chi connectivity index (χ0) is 19.3. The van der Waals surface area contributed by atoms with Crippen molar-refractivity contribution >= 4 is 0 Å². The lowest BCUT2D eigenvalue weighted by atomic mass is 9.53. The van der Waals surface area contributed by atoms with E-state index in [9.17, 15) is 0 Å². The molecule has 5 fully saturated rings. The van der Waals surface area contributed by atoms with Gasteiger partial charge in [0.05, 0.1) is 13.2 Å². The van der Waals surface area contributed by atoms with Gasteiger partial charge in [-0.25, -0.2) is 0 Å². The molecule has 0 aromatic carbocycles. The Labute approximate surface area is 168 Å². The Morgan fingerprint density at radius 1 is 1.11 bits per heavy atom. The molecule has 2 saturated heterocycles. The highest BCUT2D eigenvalue weighted by Crippen LogP contribution is 2.74. The maximum atomic E-state index is 6.69. The summed E-state index contributed by atoms with van der Waals surface area (Å²) in [6.45, 7) is 5.83. The Morgan fingerprint density at radius 3 is 2.68 bits per heavy atom. The van der Waals surface area contributed by atoms with Gasteiger partial charge in [-0.1, -0.05) is 18.9 Å². The standard InChI is InChI=1S/C24H32O4/c1-4-8-21(25-3)11-7-18-17-5-10-22-16-23(26-14-15-27-23)12-13-24(22,28-22)19(17)6-9-20(18,21)2/h6,17-18H,5,7,9-16H2,1-3H3/t17-,18-,20-,21-,22+,24+/m0/s1. The number of epoxide rings is 1. The highest BCUT2D eigenvalue weighted by atomic mass is 16.7. The second-order valence-corrected chi connectivity index (χ2v) is 10.2. The summed E-state index contributed by atoms with van der Waals surface area (Å²) in [4.78, 5) is 0. The zero-order valence-corrected chi connectivity index (χ0v) is 17.4. The van der Waals surface area contributed by atoms with Crippen LogP contribution in [0.1, 0.15) is 65.2 Å². The Morgan fingerprint density at radius 2 is 1.93 bits per heavy atom. The van der Waals surface area contributed by atoms with E-state index < -0.39 is 0 Å². The molecular weight excluding hydrogens is 352 g/mol. The molecule has 6 rings (SSSR count). The number of ether oxygens (including phenoxy) is 4. The van der Waals surface area contributed by atoms with Crippen molar-refractivity contribution in [2.45, 2.75) is 87.8 Å². The van der Waals surface area contributed by atoms with Crippen LogP contribution in [-0.2, 0) is 18.9 Å². The van der Waals surface area contributed by atoms with Crippen LogP contribution in [0.25, 0.3) is 0 Å². The van der Waals surface area contributed by atoms with Crippen molar-refractivity contribution in [3.05, 3.63) is 11.6 Å². The van der Waals surface area contributed by atoms with E-state index in [-0.39, 0.29) is 28.0 Å². The van der Waals surface area contributed by atoms with Crippen molar-refractivity contribution < 1.29 is 18.9 Å². The van der Waals surface area contributed by atoms with Crippen LogP contribution >= 0.6 is 0 Å². The first kappa shape index (κ1) is 18.0. The lowest BCUT2D eigenvalue weighted by Crippen LogP contribution is -2.54. The summed E-state index contributed by atoms with van der Waals surface area (Å²) in [6, 6.07) is 0. The summed E-state index contributed by atoms with van der Waals surface area (Å²) in [5.41, 5.74) is 1.33. The molecular formula is C24H32O4. The molecule has 0 aromatic heterocycles. The minimum Gasteiger partial charge on any atom is -0.365 e. The predicted octanol–water partition coefficient (Wildman–Crippen LogP) is 3.99. The van der Waals surface area contributed by atoms with Crippen LogP contribution in [-0.4, -0.2) is 42.9 Å². The number of allylic oxidation sites excluding steroid dienone is 1. The van der Waals surface area contributed by atoms with E-state index in [0.29, 0.717) is 11.8 Å². The third kappa shape index (κ3) is 1.89. The second-order valence-electron chi connectivity index (χ2n) is 10.2. The molecule has 0 unspecified atom stereocenters. The van der Waals surface area contributed by atoms with E-state index in [1.54, 1.807) is 5.57 Å². The number of fused-ring (bicyclic) bond motifs is 3. The van der Waals surface area contributed by atoms with E-state index >= 15 is 0 Å². The molecule has 1 spiro atoms. The lowest BCUT2D eigenvalue weighted by Gasteiger charge is -2.51. The molecule has 6 atom stereocenters. The van der Waals surface area contributed by atoms with Crippen molar-refractivity contribution in [2.75, 3.05) is 20.3 Å². The smallest absolute Gasteiger partial charge is 0.171 e. The number of hydrogen-bond acceptors (Lipinski definition) is 4. The maximum absolute atomic E-state index is 6.69. The quantitative estimate of drug-likeness (QED) is 0.389. The zero-order valence-electron chi connectivity index (χ0n) is 17.4. The van der Waals surface area contributed by atoms with E-state index in [0.717, 1.165) is 51.7 Å². The fourth-order valence-corrected chi connectivity index (χ4v) is 8.12. The van der Waals surface area contributed by atoms with Crippen LogP contribution in [0, 0.1) is 29.1 Å². The van der Waals surface area contributed by atoms with Crippen LogP contribution < -0.4 is 0 Å². The average molecular weight is 385 g/mol. The Kier molecular flexibility index (Phi) is 3.48. The summed E-state index contributed by atoms with van der Waals surface area (Å²) in [5, 5.41) is 0. The first-order valence-electron chi connectivity index (χ1n) is 11.2. The van der Waals surface area contributed by atoms with Gasteiger partial charge in [-0.05, 0) is 62.9 Å². The molecule has 0 aromatic rings. The molecule has 4 aliphatic carbocycles. The number of hydrogen-bond donors (Lipinski definition) is 0. The largest absolute Gasteiger partial charge is 0.365 e. The first-order chi connectivity index (χ1) is 13.5. The summed E-state index contributed by atoms with van der Waals surface area (Å²) in [7, 11) is 1.86. The molecule has 6 aliphatic rings. The van der Waals surface area contributed by atoms with Crippen LogP contribution in [0.3, 0.4) is 0 Å². The van der Waals surface area contributed by atoms with Gasteiger partial charge in [0.15, 0.2) is 5.79 Å². The van der Waals surface area contributed by atoms with Gasteiger partial charge in [0.1, 0.15) is 16.8 Å². The Bertz CT molecular complexity index is 801. The molecule has 152 valence electrons. The molecule has 0 radical (unpaired) electrons. The second kappa shape index (κ2) is 5.43. The Balaban J connectivity index is 1.35. The lowest BCUT2D eigenvalue weighted by molar-refractivity contribution is -0.185. The van der Waals surface area contributed by atoms with Gasteiger partial charge >= 0.3 is 0 Å². The molecule has 28 heavy (non-hydrogen) atoms. The van der Waals surface area contributed by atoms with E-state index in [4.69, 9.17) is 18.9 Å². The van der Waals surface area contributed by atoms with Crippen LogP contribution in [0.15, 0.2) is 11.6 Å². The van der Waals surface area contributed by atoms with E-state index in [1.165, 1.54) is 12.8 Å². The van der Waals surface area contributed by atoms with Crippen molar-refractivity contribution in [2.24, 2.45) is 17.3 Å². The molecule has 0 N–H and O–H groups in total. The third-order valence-electron chi connectivity index (χ3n) is 9.47. The van der Waals surface area contributed by atoms with E-state index in [1.807, 2.05) is 14.0 Å². The molecule has 0 amide bonds. The van der Waals surface area contributed by atoms with Gasteiger partial charge in [-0.3, -0.25) is 0 Å². The van der Waals surface area contributed by atoms with Crippen LogP contribution in [0.2, 0.25) is 0 Å². The fourth-order valence-electron chi connectivity index (χ4n) is 8.12. The molecule has 3 saturated carbocycles. The molecule has 0 bridgehead atoms. The molecule has 4 nitrogen and oxygen atoms in total.